The van der Waals surface area contributed by atoms with Crippen LogP contribution in [0.4, 0.5) is 5.82 Å². The summed E-state index contributed by atoms with van der Waals surface area (Å²) < 4.78 is 5.18. The molecule has 2 aromatic rings. The van der Waals surface area contributed by atoms with Crippen LogP contribution in [0.1, 0.15) is 49.4 Å². The first-order chi connectivity index (χ1) is 11.8. The van der Waals surface area contributed by atoms with Crippen LogP contribution in [-0.4, -0.2) is 23.6 Å². The van der Waals surface area contributed by atoms with E-state index in [4.69, 9.17) is 9.72 Å². The van der Waals surface area contributed by atoms with Gasteiger partial charge in [-0.2, -0.15) is 0 Å². The minimum Gasteiger partial charge on any atom is -0.462 e. The molecule has 0 radical (unpaired) electrons. The van der Waals surface area contributed by atoms with Crippen LogP contribution in [-0.2, 0) is 4.74 Å². The van der Waals surface area contributed by atoms with E-state index in [2.05, 4.69) is 5.32 Å². The molecule has 0 atom stereocenters. The predicted molar refractivity (Wildman–Crippen MR) is 96.1 cm³/mol. The molecule has 1 N–H and O–H groups in total. The lowest BCUT2D eigenvalue weighted by Crippen LogP contribution is -2.24. The molecule has 126 valence electrons. The van der Waals surface area contributed by atoms with E-state index in [1.807, 2.05) is 49.4 Å². The maximum Gasteiger partial charge on any atom is 0.341 e. The molecule has 0 spiro atoms. The van der Waals surface area contributed by atoms with Gasteiger partial charge in [0.25, 0.3) is 0 Å². The highest BCUT2D eigenvalue weighted by Gasteiger charge is 2.20. The largest absolute Gasteiger partial charge is 0.462 e. The van der Waals surface area contributed by atoms with Gasteiger partial charge in [-0.3, -0.25) is 0 Å². The van der Waals surface area contributed by atoms with Gasteiger partial charge in [0.05, 0.1) is 12.3 Å². The van der Waals surface area contributed by atoms with Crippen molar-refractivity contribution >= 4 is 11.8 Å². The van der Waals surface area contributed by atoms with Crippen molar-refractivity contribution in [1.82, 2.24) is 4.98 Å². The van der Waals surface area contributed by atoms with Gasteiger partial charge < -0.3 is 10.1 Å². The highest BCUT2D eigenvalue weighted by Crippen LogP contribution is 2.26. The fourth-order valence-corrected chi connectivity index (χ4v) is 3.15. The number of ether oxygens (including phenoxy) is 1. The van der Waals surface area contributed by atoms with Crippen LogP contribution in [0.3, 0.4) is 0 Å². The molecule has 24 heavy (non-hydrogen) atoms. The Kier molecular flexibility index (Phi) is 5.47. The van der Waals surface area contributed by atoms with Crippen molar-refractivity contribution < 1.29 is 9.53 Å². The van der Waals surface area contributed by atoms with Crippen LogP contribution in [0.15, 0.2) is 42.5 Å². The Morgan fingerprint density at radius 1 is 1.12 bits per heavy atom. The van der Waals surface area contributed by atoms with E-state index in [9.17, 15) is 4.79 Å². The van der Waals surface area contributed by atoms with Crippen molar-refractivity contribution in [2.45, 2.75) is 45.1 Å². The number of carbonyl (C=O) groups is 1. The third kappa shape index (κ3) is 3.94. The highest BCUT2D eigenvalue weighted by atomic mass is 16.5. The number of nitrogens with zero attached hydrogens (tertiary/aromatic N) is 1. The minimum atomic E-state index is -0.317. The average Bonchev–Trinajstić information content (AvgIpc) is 2.63. The number of carbonyl (C=O) groups excluding carboxylic acids is 1. The van der Waals surface area contributed by atoms with E-state index in [1.54, 1.807) is 0 Å². The Bertz CT molecular complexity index is 679. The molecule has 0 aliphatic heterocycles. The fourth-order valence-electron chi connectivity index (χ4n) is 3.15. The zero-order valence-corrected chi connectivity index (χ0v) is 14.1. The summed E-state index contributed by atoms with van der Waals surface area (Å²) in [5.41, 5.74) is 2.42. The van der Waals surface area contributed by atoms with E-state index in [0.717, 1.165) is 24.1 Å². The lowest BCUT2D eigenvalue weighted by molar-refractivity contribution is 0.0527. The second-order valence-corrected chi connectivity index (χ2v) is 6.16. The third-order valence-corrected chi connectivity index (χ3v) is 4.41. The average molecular weight is 324 g/mol. The molecule has 1 aromatic heterocycles. The standard InChI is InChI=1S/C20H24N2O2/c1-2-24-20(23)17-13-14-18(15-9-5-3-6-10-15)22-19(17)21-16-11-7-4-8-12-16/h3,5-6,9-10,13-14,16H,2,4,7-8,11-12H2,1H3,(H,21,22). The molecule has 3 rings (SSSR count). The van der Waals surface area contributed by atoms with E-state index >= 15 is 0 Å². The monoisotopic (exact) mass is 324 g/mol. The zero-order chi connectivity index (χ0) is 16.8. The molecule has 0 amide bonds. The van der Waals surface area contributed by atoms with E-state index in [0.29, 0.717) is 24.0 Å². The molecule has 1 heterocycles. The summed E-state index contributed by atoms with van der Waals surface area (Å²) in [6.07, 6.45) is 6.00. The van der Waals surface area contributed by atoms with Gasteiger partial charge in [-0.1, -0.05) is 49.6 Å². The maximum absolute atomic E-state index is 12.3. The van der Waals surface area contributed by atoms with Crippen LogP contribution in [0, 0.1) is 0 Å². The van der Waals surface area contributed by atoms with Gasteiger partial charge in [0.1, 0.15) is 11.4 Å². The number of pyridine rings is 1. The number of nitrogens with one attached hydrogen (secondary N) is 1. The van der Waals surface area contributed by atoms with E-state index in [1.165, 1.54) is 19.3 Å². The third-order valence-electron chi connectivity index (χ3n) is 4.41. The quantitative estimate of drug-likeness (QED) is 0.812. The molecule has 0 saturated heterocycles. The molecular formula is C20H24N2O2. The SMILES string of the molecule is CCOC(=O)c1ccc(-c2ccccc2)nc1NC1CCCCC1. The number of esters is 1. The van der Waals surface area contributed by atoms with Crippen molar-refractivity contribution in [3.8, 4) is 11.3 Å². The number of rotatable bonds is 5. The molecule has 0 bridgehead atoms. The Hall–Kier alpha value is -2.36. The smallest absolute Gasteiger partial charge is 0.341 e. The lowest BCUT2D eigenvalue weighted by Gasteiger charge is -2.24. The predicted octanol–water partition coefficient (Wildman–Crippen LogP) is 4.67. The van der Waals surface area contributed by atoms with Crippen LogP contribution in [0.25, 0.3) is 11.3 Å². The zero-order valence-electron chi connectivity index (χ0n) is 14.1. The van der Waals surface area contributed by atoms with E-state index in [-0.39, 0.29) is 5.97 Å². The lowest BCUT2D eigenvalue weighted by atomic mass is 9.95. The number of hydrogen-bond donors (Lipinski definition) is 1. The molecule has 4 nitrogen and oxygen atoms in total. The first kappa shape index (κ1) is 16.5. The summed E-state index contributed by atoms with van der Waals surface area (Å²) in [4.78, 5) is 17.0. The fraction of sp³-hybridized carbons (Fsp3) is 0.400. The van der Waals surface area contributed by atoms with Crippen LogP contribution >= 0.6 is 0 Å². The molecule has 1 fully saturated rings. The Morgan fingerprint density at radius 2 is 1.88 bits per heavy atom. The van der Waals surface area contributed by atoms with Gasteiger partial charge in [0.15, 0.2) is 0 Å². The second-order valence-electron chi connectivity index (χ2n) is 6.16. The van der Waals surface area contributed by atoms with Crippen molar-refractivity contribution in [1.29, 1.82) is 0 Å². The van der Waals surface area contributed by atoms with Gasteiger partial charge in [-0.15, -0.1) is 0 Å². The summed E-state index contributed by atoms with van der Waals surface area (Å²) >= 11 is 0. The molecule has 1 saturated carbocycles. The van der Waals surface area contributed by atoms with Gasteiger partial charge in [0.2, 0.25) is 0 Å². The van der Waals surface area contributed by atoms with Crippen molar-refractivity contribution in [2.75, 3.05) is 11.9 Å². The Morgan fingerprint density at radius 3 is 2.58 bits per heavy atom. The van der Waals surface area contributed by atoms with E-state index < -0.39 is 0 Å². The van der Waals surface area contributed by atoms with Crippen molar-refractivity contribution in [3.63, 3.8) is 0 Å². The van der Waals surface area contributed by atoms with Crippen LogP contribution in [0.5, 0.6) is 0 Å². The first-order valence-electron chi connectivity index (χ1n) is 8.78. The summed E-state index contributed by atoms with van der Waals surface area (Å²) in [6.45, 7) is 2.18. The number of anilines is 1. The van der Waals surface area contributed by atoms with Gasteiger partial charge in [-0.25, -0.2) is 9.78 Å². The molecular weight excluding hydrogens is 300 g/mol. The van der Waals surface area contributed by atoms with Crippen molar-refractivity contribution in [3.05, 3.63) is 48.0 Å². The van der Waals surface area contributed by atoms with Crippen LogP contribution in [0.2, 0.25) is 0 Å². The molecule has 1 aromatic carbocycles. The van der Waals surface area contributed by atoms with Crippen molar-refractivity contribution in [2.24, 2.45) is 0 Å². The number of aromatic nitrogens is 1. The number of hydrogen-bond acceptors (Lipinski definition) is 4. The Balaban J connectivity index is 1.92. The summed E-state index contributed by atoms with van der Waals surface area (Å²) in [7, 11) is 0. The maximum atomic E-state index is 12.3. The number of benzene rings is 1. The molecule has 1 aliphatic rings. The molecule has 4 heteroatoms. The topological polar surface area (TPSA) is 51.2 Å². The summed E-state index contributed by atoms with van der Waals surface area (Å²) in [5.74, 6) is 0.324. The molecule has 1 aliphatic carbocycles. The first-order valence-corrected chi connectivity index (χ1v) is 8.78. The summed E-state index contributed by atoms with van der Waals surface area (Å²) in [5, 5.41) is 3.49. The van der Waals surface area contributed by atoms with Gasteiger partial charge >= 0.3 is 5.97 Å². The van der Waals surface area contributed by atoms with Gasteiger partial charge in [0, 0.05) is 11.6 Å². The minimum absolute atomic E-state index is 0.317. The summed E-state index contributed by atoms with van der Waals surface area (Å²) in [6, 6.07) is 14.1. The highest BCUT2D eigenvalue weighted by molar-refractivity contribution is 5.95. The second kappa shape index (κ2) is 7.95. The van der Waals surface area contributed by atoms with Crippen LogP contribution < -0.4 is 5.32 Å². The van der Waals surface area contributed by atoms with Gasteiger partial charge in [-0.05, 0) is 31.9 Å². The Labute approximate surface area is 143 Å². The normalized spacial score (nSPS) is 15.0. The molecule has 0 unspecified atom stereocenters.